The third-order valence-corrected chi connectivity index (χ3v) is 5.37. The molecule has 1 saturated heterocycles. The third kappa shape index (κ3) is 3.31. The molecule has 1 aliphatic heterocycles. The number of para-hydroxylation sites is 1. The van der Waals surface area contributed by atoms with Crippen LogP contribution in [-0.4, -0.2) is 35.9 Å². The van der Waals surface area contributed by atoms with Crippen molar-refractivity contribution in [1.82, 2.24) is 15.2 Å². The normalized spacial score (nSPS) is 18.2. The van der Waals surface area contributed by atoms with Crippen LogP contribution in [0.1, 0.15) is 43.2 Å². The lowest BCUT2D eigenvalue weighted by molar-refractivity contribution is -0.132. The number of carbonyl (C=O) groups is 1. The maximum Gasteiger partial charge on any atom is 0.223 e. The van der Waals surface area contributed by atoms with E-state index in [9.17, 15) is 4.79 Å². The monoisotopic (exact) mass is 317 g/mol. The maximum atomic E-state index is 12.5. The van der Waals surface area contributed by atoms with Crippen LogP contribution in [0.2, 0.25) is 0 Å². The van der Waals surface area contributed by atoms with Crippen molar-refractivity contribution in [2.24, 2.45) is 0 Å². The van der Waals surface area contributed by atoms with Gasteiger partial charge in [0, 0.05) is 13.0 Å². The number of fused-ring (bicyclic) bond motifs is 1. The first-order chi connectivity index (χ1) is 10.8. The molecule has 5 heteroatoms. The minimum Gasteiger partial charge on any atom is -0.333 e. The van der Waals surface area contributed by atoms with Gasteiger partial charge in [-0.1, -0.05) is 12.1 Å². The number of hydrogen-bond donors (Lipinski definition) is 1. The van der Waals surface area contributed by atoms with Gasteiger partial charge in [-0.3, -0.25) is 4.79 Å². The summed E-state index contributed by atoms with van der Waals surface area (Å²) in [6.45, 7) is 1.86. The van der Waals surface area contributed by atoms with Gasteiger partial charge in [0.05, 0.1) is 16.3 Å². The molecule has 1 unspecified atom stereocenters. The quantitative estimate of drug-likeness (QED) is 0.831. The van der Waals surface area contributed by atoms with Gasteiger partial charge >= 0.3 is 0 Å². The Morgan fingerprint density at radius 2 is 2.27 bits per heavy atom. The SMILES string of the molecule is CNCCCCC(=O)N1CCCC1c1nc2ccccc2s1. The smallest absolute Gasteiger partial charge is 0.223 e. The van der Waals surface area contributed by atoms with Crippen molar-refractivity contribution in [2.45, 2.75) is 38.1 Å². The van der Waals surface area contributed by atoms with Crippen molar-refractivity contribution in [2.75, 3.05) is 20.1 Å². The summed E-state index contributed by atoms with van der Waals surface area (Å²) >= 11 is 1.73. The molecular formula is C17H23N3OS. The number of benzene rings is 1. The lowest BCUT2D eigenvalue weighted by Crippen LogP contribution is -2.30. The van der Waals surface area contributed by atoms with E-state index in [1.54, 1.807) is 11.3 Å². The van der Waals surface area contributed by atoms with Crippen LogP contribution in [0, 0.1) is 0 Å². The lowest BCUT2D eigenvalue weighted by atomic mass is 10.2. The van der Waals surface area contributed by atoms with E-state index in [0.717, 1.165) is 49.3 Å². The van der Waals surface area contributed by atoms with Crippen LogP contribution in [0.3, 0.4) is 0 Å². The summed E-state index contributed by atoms with van der Waals surface area (Å²) in [5.74, 6) is 0.290. The molecule has 1 atom stereocenters. The van der Waals surface area contributed by atoms with E-state index in [1.165, 1.54) is 4.70 Å². The van der Waals surface area contributed by atoms with Crippen molar-refractivity contribution in [3.63, 3.8) is 0 Å². The molecule has 1 aromatic heterocycles. The fourth-order valence-electron chi connectivity index (χ4n) is 3.08. The Morgan fingerprint density at radius 3 is 3.09 bits per heavy atom. The van der Waals surface area contributed by atoms with Crippen LogP contribution >= 0.6 is 11.3 Å². The van der Waals surface area contributed by atoms with Gasteiger partial charge in [-0.05, 0) is 51.4 Å². The summed E-state index contributed by atoms with van der Waals surface area (Å²) in [4.78, 5) is 19.3. The standard InChI is InChI=1S/C17H23N3OS/c1-18-11-5-4-10-16(21)20-12-6-8-14(20)17-19-13-7-2-3-9-15(13)22-17/h2-3,7,9,14,18H,4-6,8,10-12H2,1H3. The minimum absolute atomic E-state index is 0.189. The summed E-state index contributed by atoms with van der Waals surface area (Å²) in [6.07, 6.45) is 4.80. The highest BCUT2D eigenvalue weighted by atomic mass is 32.1. The fraction of sp³-hybridized carbons (Fsp3) is 0.529. The minimum atomic E-state index is 0.189. The Balaban J connectivity index is 1.68. The van der Waals surface area contributed by atoms with E-state index in [1.807, 2.05) is 25.2 Å². The molecule has 1 N–H and O–H groups in total. The van der Waals surface area contributed by atoms with Gasteiger partial charge in [-0.2, -0.15) is 0 Å². The molecular weight excluding hydrogens is 294 g/mol. The van der Waals surface area contributed by atoms with E-state index >= 15 is 0 Å². The molecule has 0 radical (unpaired) electrons. The average molecular weight is 317 g/mol. The van der Waals surface area contributed by atoms with Crippen molar-refractivity contribution >= 4 is 27.5 Å². The van der Waals surface area contributed by atoms with Gasteiger partial charge in [-0.25, -0.2) is 4.98 Å². The number of nitrogens with one attached hydrogen (secondary N) is 1. The lowest BCUT2D eigenvalue weighted by Gasteiger charge is -2.23. The number of likely N-dealkylation sites (tertiary alicyclic amines) is 1. The largest absolute Gasteiger partial charge is 0.333 e. The Morgan fingerprint density at radius 1 is 1.41 bits per heavy atom. The van der Waals surface area contributed by atoms with Crippen LogP contribution in [0.25, 0.3) is 10.2 Å². The summed E-state index contributed by atoms with van der Waals surface area (Å²) in [5, 5.41) is 4.23. The second kappa shape index (κ2) is 7.20. The van der Waals surface area contributed by atoms with Gasteiger partial charge in [0.25, 0.3) is 0 Å². The maximum absolute atomic E-state index is 12.5. The number of aromatic nitrogens is 1. The van der Waals surface area contributed by atoms with Crippen molar-refractivity contribution in [3.8, 4) is 0 Å². The Hall–Kier alpha value is -1.46. The van der Waals surface area contributed by atoms with Gasteiger partial charge in [0.2, 0.25) is 5.91 Å². The first-order valence-electron chi connectivity index (χ1n) is 8.09. The zero-order valence-electron chi connectivity index (χ0n) is 13.0. The number of hydrogen-bond acceptors (Lipinski definition) is 4. The van der Waals surface area contributed by atoms with Crippen LogP contribution < -0.4 is 5.32 Å². The molecule has 0 saturated carbocycles. The van der Waals surface area contributed by atoms with Crippen molar-refractivity contribution in [1.29, 1.82) is 0 Å². The molecule has 2 aromatic rings. The molecule has 22 heavy (non-hydrogen) atoms. The third-order valence-electron chi connectivity index (χ3n) is 4.24. The summed E-state index contributed by atoms with van der Waals surface area (Å²) < 4.78 is 1.21. The summed E-state index contributed by atoms with van der Waals surface area (Å²) in [6, 6.07) is 8.41. The Bertz CT molecular complexity index is 607. The molecule has 0 spiro atoms. The van der Waals surface area contributed by atoms with Crippen molar-refractivity contribution in [3.05, 3.63) is 29.3 Å². The molecule has 1 fully saturated rings. The predicted octanol–water partition coefficient (Wildman–Crippen LogP) is 3.35. The number of amides is 1. The molecule has 1 aliphatic rings. The number of thiazole rings is 1. The molecule has 118 valence electrons. The number of unbranched alkanes of at least 4 members (excludes halogenated alkanes) is 1. The van der Waals surface area contributed by atoms with Gasteiger partial charge in [0.1, 0.15) is 5.01 Å². The second-order valence-electron chi connectivity index (χ2n) is 5.83. The van der Waals surface area contributed by atoms with Gasteiger partial charge < -0.3 is 10.2 Å². The van der Waals surface area contributed by atoms with E-state index in [0.29, 0.717) is 6.42 Å². The van der Waals surface area contributed by atoms with E-state index in [4.69, 9.17) is 4.98 Å². The average Bonchev–Trinajstić information content (AvgIpc) is 3.16. The molecule has 1 amide bonds. The highest BCUT2D eigenvalue weighted by molar-refractivity contribution is 7.18. The van der Waals surface area contributed by atoms with Crippen LogP contribution in [0.15, 0.2) is 24.3 Å². The molecule has 4 nitrogen and oxygen atoms in total. The molecule has 1 aromatic carbocycles. The first-order valence-corrected chi connectivity index (χ1v) is 8.91. The molecule has 2 heterocycles. The molecule has 3 rings (SSSR count). The first kappa shape index (κ1) is 15.4. The predicted molar refractivity (Wildman–Crippen MR) is 91.1 cm³/mol. The molecule has 0 bridgehead atoms. The topological polar surface area (TPSA) is 45.2 Å². The second-order valence-corrected chi connectivity index (χ2v) is 6.89. The fourth-order valence-corrected chi connectivity index (χ4v) is 4.19. The van der Waals surface area contributed by atoms with E-state index in [2.05, 4.69) is 16.3 Å². The van der Waals surface area contributed by atoms with E-state index in [-0.39, 0.29) is 11.9 Å². The summed E-state index contributed by atoms with van der Waals surface area (Å²) in [7, 11) is 1.95. The van der Waals surface area contributed by atoms with Crippen LogP contribution in [0.5, 0.6) is 0 Å². The number of rotatable bonds is 6. The zero-order valence-corrected chi connectivity index (χ0v) is 13.9. The molecule has 0 aliphatic carbocycles. The highest BCUT2D eigenvalue weighted by Crippen LogP contribution is 2.36. The highest BCUT2D eigenvalue weighted by Gasteiger charge is 2.31. The van der Waals surface area contributed by atoms with Crippen LogP contribution in [-0.2, 0) is 4.79 Å². The number of nitrogens with zero attached hydrogens (tertiary/aromatic N) is 2. The Kier molecular flexibility index (Phi) is 5.05. The number of carbonyl (C=O) groups excluding carboxylic acids is 1. The zero-order chi connectivity index (χ0) is 15.4. The van der Waals surface area contributed by atoms with E-state index < -0.39 is 0 Å². The summed E-state index contributed by atoms with van der Waals surface area (Å²) in [5.41, 5.74) is 1.05. The van der Waals surface area contributed by atoms with Gasteiger partial charge in [0.15, 0.2) is 0 Å². The van der Waals surface area contributed by atoms with Gasteiger partial charge in [-0.15, -0.1) is 11.3 Å². The van der Waals surface area contributed by atoms with Crippen molar-refractivity contribution < 1.29 is 4.79 Å². The Labute approximate surface area is 135 Å². The van der Waals surface area contributed by atoms with Crippen LogP contribution in [0.4, 0.5) is 0 Å².